The van der Waals surface area contributed by atoms with Crippen molar-refractivity contribution in [3.63, 3.8) is 0 Å². The third kappa shape index (κ3) is 3.75. The number of carbonyl (C=O) groups is 1. The topological polar surface area (TPSA) is 92.7 Å². The van der Waals surface area contributed by atoms with Crippen molar-refractivity contribution in [2.75, 3.05) is 7.11 Å². The summed E-state index contributed by atoms with van der Waals surface area (Å²) in [5.74, 6) is -1.11. The Morgan fingerprint density at radius 3 is 2.71 bits per heavy atom. The van der Waals surface area contributed by atoms with E-state index in [-0.39, 0.29) is 16.7 Å². The van der Waals surface area contributed by atoms with Crippen LogP contribution in [0.5, 0.6) is 5.75 Å². The monoisotopic (exact) mass is 377 g/mol. The van der Waals surface area contributed by atoms with E-state index >= 15 is 0 Å². The minimum absolute atomic E-state index is 0.0400. The maximum Gasteiger partial charge on any atom is 0.306 e. The second-order valence-electron chi connectivity index (χ2n) is 4.96. The summed E-state index contributed by atoms with van der Waals surface area (Å²) in [4.78, 5) is 11.0. The average molecular weight is 378 g/mol. The van der Waals surface area contributed by atoms with E-state index < -0.39 is 21.9 Å². The van der Waals surface area contributed by atoms with Gasteiger partial charge in [0, 0.05) is 10.5 Å². The maximum atomic E-state index is 12.4. The standard InChI is InChI=1S/C13H16BrNO5S/c1-20-11-5-3-9(14)7-12(11)21(18,19)15-10-4-2-8(6-10)13(16)17/h3,5,7-8,10,15H,2,4,6H2,1H3,(H,16,17). The zero-order chi connectivity index (χ0) is 15.6. The molecule has 2 unspecified atom stereocenters. The van der Waals surface area contributed by atoms with Crippen molar-refractivity contribution in [3.05, 3.63) is 22.7 Å². The molecule has 2 atom stereocenters. The molecule has 0 heterocycles. The van der Waals surface area contributed by atoms with Crippen LogP contribution in [0, 0.1) is 5.92 Å². The van der Waals surface area contributed by atoms with Crippen LogP contribution < -0.4 is 9.46 Å². The van der Waals surface area contributed by atoms with Gasteiger partial charge in [-0.3, -0.25) is 4.79 Å². The Balaban J connectivity index is 2.20. The maximum absolute atomic E-state index is 12.4. The summed E-state index contributed by atoms with van der Waals surface area (Å²) in [7, 11) is -2.35. The molecule has 6 nitrogen and oxygen atoms in total. The van der Waals surface area contributed by atoms with Gasteiger partial charge in [0.25, 0.3) is 0 Å². The van der Waals surface area contributed by atoms with Crippen molar-refractivity contribution in [3.8, 4) is 5.75 Å². The molecule has 8 heteroatoms. The number of hydrogen-bond donors (Lipinski definition) is 2. The minimum atomic E-state index is -3.76. The van der Waals surface area contributed by atoms with E-state index in [0.29, 0.717) is 23.7 Å². The largest absolute Gasteiger partial charge is 0.495 e. The first kappa shape index (κ1) is 16.3. The molecule has 0 amide bonds. The van der Waals surface area contributed by atoms with E-state index in [0.717, 1.165) is 0 Å². The summed E-state index contributed by atoms with van der Waals surface area (Å²) >= 11 is 3.23. The highest BCUT2D eigenvalue weighted by atomic mass is 79.9. The summed E-state index contributed by atoms with van der Waals surface area (Å²) in [5.41, 5.74) is 0. The number of rotatable bonds is 5. The van der Waals surface area contributed by atoms with Gasteiger partial charge in [0.1, 0.15) is 10.6 Å². The third-order valence-corrected chi connectivity index (χ3v) is 5.55. The number of methoxy groups -OCH3 is 1. The molecule has 1 aromatic carbocycles. The molecule has 1 aliphatic rings. The lowest BCUT2D eigenvalue weighted by Gasteiger charge is -2.15. The fraction of sp³-hybridized carbons (Fsp3) is 0.462. The van der Waals surface area contributed by atoms with Crippen LogP contribution in [0.3, 0.4) is 0 Å². The summed E-state index contributed by atoms with van der Waals surface area (Å²) < 4.78 is 33.1. The molecule has 0 saturated heterocycles. The normalized spacial score (nSPS) is 22.2. The number of carboxylic acid groups (broad SMARTS) is 1. The van der Waals surface area contributed by atoms with Gasteiger partial charge in [-0.25, -0.2) is 13.1 Å². The van der Waals surface area contributed by atoms with Crippen molar-refractivity contribution >= 4 is 31.9 Å². The molecule has 1 aromatic rings. The Labute approximate surface area is 131 Å². The predicted octanol–water partition coefficient (Wildman–Crippen LogP) is 1.99. The first-order valence-electron chi connectivity index (χ1n) is 6.42. The van der Waals surface area contributed by atoms with Gasteiger partial charge in [-0.15, -0.1) is 0 Å². The van der Waals surface area contributed by atoms with E-state index in [1.165, 1.54) is 13.2 Å². The van der Waals surface area contributed by atoms with Crippen LogP contribution in [-0.2, 0) is 14.8 Å². The molecule has 116 valence electrons. The summed E-state index contributed by atoms with van der Waals surface area (Å²) in [6.07, 6.45) is 1.32. The third-order valence-electron chi connectivity index (χ3n) is 3.52. The minimum Gasteiger partial charge on any atom is -0.495 e. The molecular formula is C13H16BrNO5S. The summed E-state index contributed by atoms with van der Waals surface area (Å²) in [6, 6.07) is 4.35. The SMILES string of the molecule is COc1ccc(Br)cc1S(=O)(=O)NC1CCC(C(=O)O)C1. The van der Waals surface area contributed by atoms with Crippen molar-refractivity contribution in [2.45, 2.75) is 30.2 Å². The van der Waals surface area contributed by atoms with Gasteiger partial charge in [-0.1, -0.05) is 15.9 Å². The van der Waals surface area contributed by atoms with Crippen LogP contribution in [0.15, 0.2) is 27.6 Å². The van der Waals surface area contributed by atoms with Gasteiger partial charge in [-0.05, 0) is 37.5 Å². The highest BCUT2D eigenvalue weighted by Gasteiger charge is 2.33. The van der Waals surface area contributed by atoms with Crippen LogP contribution in [0.1, 0.15) is 19.3 Å². The van der Waals surface area contributed by atoms with Gasteiger partial charge < -0.3 is 9.84 Å². The van der Waals surface area contributed by atoms with Crippen LogP contribution in [0.25, 0.3) is 0 Å². The lowest BCUT2D eigenvalue weighted by molar-refractivity contribution is -0.141. The molecule has 1 aliphatic carbocycles. The first-order chi connectivity index (χ1) is 9.83. The highest BCUT2D eigenvalue weighted by Crippen LogP contribution is 2.30. The van der Waals surface area contributed by atoms with Gasteiger partial charge in [0.2, 0.25) is 10.0 Å². The number of ether oxygens (including phenoxy) is 1. The van der Waals surface area contributed by atoms with Crippen LogP contribution >= 0.6 is 15.9 Å². The van der Waals surface area contributed by atoms with Gasteiger partial charge in [-0.2, -0.15) is 0 Å². The quantitative estimate of drug-likeness (QED) is 0.818. The Kier molecular flexibility index (Phi) is 4.90. The molecule has 0 radical (unpaired) electrons. The Morgan fingerprint density at radius 1 is 1.43 bits per heavy atom. The Bertz CT molecular complexity index is 646. The first-order valence-corrected chi connectivity index (χ1v) is 8.70. The Hall–Kier alpha value is -1.12. The summed E-state index contributed by atoms with van der Waals surface area (Å²) in [6.45, 7) is 0. The molecule has 1 fully saturated rings. The molecule has 0 bridgehead atoms. The predicted molar refractivity (Wildman–Crippen MR) is 79.8 cm³/mol. The second-order valence-corrected chi connectivity index (χ2v) is 7.56. The van der Waals surface area contributed by atoms with Crippen molar-refractivity contribution in [2.24, 2.45) is 5.92 Å². The van der Waals surface area contributed by atoms with Crippen LogP contribution in [-0.4, -0.2) is 32.6 Å². The molecule has 2 rings (SSSR count). The molecule has 0 aliphatic heterocycles. The number of benzene rings is 1. The number of nitrogens with one attached hydrogen (secondary N) is 1. The smallest absolute Gasteiger partial charge is 0.306 e. The lowest BCUT2D eigenvalue weighted by atomic mass is 10.1. The second kappa shape index (κ2) is 6.33. The van der Waals surface area contributed by atoms with E-state index in [9.17, 15) is 13.2 Å². The fourth-order valence-electron chi connectivity index (χ4n) is 2.46. The van der Waals surface area contributed by atoms with Gasteiger partial charge in [0.15, 0.2) is 0 Å². The Morgan fingerprint density at radius 2 is 2.14 bits per heavy atom. The van der Waals surface area contributed by atoms with Gasteiger partial charge in [0.05, 0.1) is 13.0 Å². The molecule has 2 N–H and O–H groups in total. The molecule has 1 saturated carbocycles. The number of halogens is 1. The zero-order valence-corrected chi connectivity index (χ0v) is 13.8. The average Bonchev–Trinajstić information content (AvgIpc) is 2.86. The summed E-state index contributed by atoms with van der Waals surface area (Å²) in [5, 5.41) is 8.96. The zero-order valence-electron chi connectivity index (χ0n) is 11.4. The van der Waals surface area contributed by atoms with Crippen LogP contribution in [0.4, 0.5) is 0 Å². The van der Waals surface area contributed by atoms with Gasteiger partial charge >= 0.3 is 5.97 Å². The molecule has 21 heavy (non-hydrogen) atoms. The fourth-order valence-corrected chi connectivity index (χ4v) is 4.45. The number of aliphatic carboxylic acids is 1. The lowest BCUT2D eigenvalue weighted by Crippen LogP contribution is -2.33. The number of hydrogen-bond acceptors (Lipinski definition) is 4. The molecule has 0 aromatic heterocycles. The molecular weight excluding hydrogens is 362 g/mol. The van der Waals surface area contributed by atoms with E-state index in [1.54, 1.807) is 12.1 Å². The van der Waals surface area contributed by atoms with E-state index in [2.05, 4.69) is 20.7 Å². The van der Waals surface area contributed by atoms with E-state index in [1.807, 2.05) is 0 Å². The molecule has 0 spiro atoms. The van der Waals surface area contributed by atoms with Crippen molar-refractivity contribution < 1.29 is 23.1 Å². The van der Waals surface area contributed by atoms with Crippen LogP contribution in [0.2, 0.25) is 0 Å². The number of carboxylic acids is 1. The van der Waals surface area contributed by atoms with Crippen molar-refractivity contribution in [1.29, 1.82) is 0 Å². The van der Waals surface area contributed by atoms with E-state index in [4.69, 9.17) is 9.84 Å². The van der Waals surface area contributed by atoms with Crippen molar-refractivity contribution in [1.82, 2.24) is 4.72 Å². The number of sulfonamides is 1. The highest BCUT2D eigenvalue weighted by molar-refractivity contribution is 9.10.